The van der Waals surface area contributed by atoms with Crippen molar-refractivity contribution in [3.05, 3.63) is 23.7 Å². The number of pyridine rings is 1. The number of fused-ring (bicyclic) bond motifs is 1. The Labute approximate surface area is 136 Å². The van der Waals surface area contributed by atoms with E-state index in [1.165, 1.54) is 0 Å². The first-order valence-corrected chi connectivity index (χ1v) is 8.13. The number of aryl methyl sites for hydroxylation is 2. The van der Waals surface area contributed by atoms with Crippen LogP contribution in [-0.4, -0.2) is 40.5 Å². The van der Waals surface area contributed by atoms with Gasteiger partial charge in [0.2, 0.25) is 5.91 Å². The monoisotopic (exact) mass is 313 g/mol. The molecule has 23 heavy (non-hydrogen) atoms. The molecule has 0 aliphatic carbocycles. The van der Waals surface area contributed by atoms with Gasteiger partial charge in [0.05, 0.1) is 5.39 Å². The molecule has 1 saturated heterocycles. The fraction of sp³-hybridized carbons (Fsp3) is 0.529. The van der Waals surface area contributed by atoms with Gasteiger partial charge >= 0.3 is 0 Å². The van der Waals surface area contributed by atoms with Crippen molar-refractivity contribution >= 4 is 22.8 Å². The average molecular weight is 313 g/mol. The number of aromatic nitrogens is 3. The van der Waals surface area contributed by atoms with Crippen LogP contribution in [0, 0.1) is 19.8 Å². The largest absolute Gasteiger partial charge is 0.356 e. The lowest BCUT2D eigenvalue weighted by molar-refractivity contribution is -0.119. The molecule has 0 saturated carbocycles. The highest BCUT2D eigenvalue weighted by atomic mass is 16.1. The summed E-state index contributed by atoms with van der Waals surface area (Å²) in [7, 11) is 0. The molecule has 1 atom stereocenters. The average Bonchev–Trinajstić information content (AvgIpc) is 2.52. The van der Waals surface area contributed by atoms with Crippen molar-refractivity contribution in [1.29, 1.82) is 0 Å². The molecule has 1 aliphatic rings. The minimum atomic E-state index is 0.0325. The van der Waals surface area contributed by atoms with Crippen LogP contribution >= 0.6 is 0 Å². The van der Waals surface area contributed by atoms with Crippen molar-refractivity contribution in [3.63, 3.8) is 0 Å². The van der Waals surface area contributed by atoms with Gasteiger partial charge in [-0.15, -0.1) is 0 Å². The quantitative estimate of drug-likeness (QED) is 0.938. The highest BCUT2D eigenvalue weighted by Crippen LogP contribution is 2.29. The lowest BCUT2D eigenvalue weighted by Crippen LogP contribution is -2.41. The maximum atomic E-state index is 11.1. The molecule has 2 aromatic rings. The molecule has 1 fully saturated rings. The van der Waals surface area contributed by atoms with Gasteiger partial charge in [-0.3, -0.25) is 4.79 Å². The molecule has 6 heteroatoms. The van der Waals surface area contributed by atoms with Crippen LogP contribution in [0.25, 0.3) is 11.0 Å². The van der Waals surface area contributed by atoms with E-state index in [0.29, 0.717) is 5.92 Å². The molecule has 1 unspecified atom stereocenters. The van der Waals surface area contributed by atoms with Crippen LogP contribution in [0.4, 0.5) is 5.82 Å². The van der Waals surface area contributed by atoms with Gasteiger partial charge in [-0.2, -0.15) is 0 Å². The molecule has 0 spiro atoms. The second-order valence-corrected chi connectivity index (χ2v) is 6.37. The van der Waals surface area contributed by atoms with E-state index >= 15 is 0 Å². The first-order valence-electron chi connectivity index (χ1n) is 8.13. The van der Waals surface area contributed by atoms with Crippen LogP contribution < -0.4 is 10.2 Å². The zero-order chi connectivity index (χ0) is 16.4. The highest BCUT2D eigenvalue weighted by Gasteiger charge is 2.23. The third-order valence-electron chi connectivity index (χ3n) is 4.37. The van der Waals surface area contributed by atoms with Gasteiger partial charge in [-0.25, -0.2) is 15.0 Å². The maximum Gasteiger partial charge on any atom is 0.216 e. The van der Waals surface area contributed by atoms with E-state index < -0.39 is 0 Å². The summed E-state index contributed by atoms with van der Waals surface area (Å²) >= 11 is 0. The summed E-state index contributed by atoms with van der Waals surface area (Å²) in [5.74, 6) is 1.45. The minimum absolute atomic E-state index is 0.0325. The third-order valence-corrected chi connectivity index (χ3v) is 4.37. The van der Waals surface area contributed by atoms with E-state index in [1.54, 1.807) is 13.3 Å². The standard InChI is InChI=1S/C17H23N5O/c1-11-7-12(2)21-16-15(11)17(20-10-19-16)22-6-4-5-14(9-22)8-18-13(3)23/h7,10,14H,4-6,8-9H2,1-3H3,(H,18,23). The van der Waals surface area contributed by atoms with Gasteiger partial charge in [0, 0.05) is 32.3 Å². The molecule has 122 valence electrons. The fourth-order valence-corrected chi connectivity index (χ4v) is 3.34. The van der Waals surface area contributed by atoms with E-state index in [-0.39, 0.29) is 5.91 Å². The van der Waals surface area contributed by atoms with E-state index in [9.17, 15) is 4.79 Å². The smallest absolute Gasteiger partial charge is 0.216 e. The molecule has 6 nitrogen and oxygen atoms in total. The van der Waals surface area contributed by atoms with Crippen LogP contribution in [0.5, 0.6) is 0 Å². The summed E-state index contributed by atoms with van der Waals surface area (Å²) in [4.78, 5) is 26.9. The number of rotatable bonds is 3. The number of carbonyl (C=O) groups excluding carboxylic acids is 1. The van der Waals surface area contributed by atoms with Crippen LogP contribution in [0.3, 0.4) is 0 Å². The lowest BCUT2D eigenvalue weighted by atomic mass is 9.97. The lowest BCUT2D eigenvalue weighted by Gasteiger charge is -2.34. The third kappa shape index (κ3) is 3.41. The van der Waals surface area contributed by atoms with E-state index in [1.807, 2.05) is 6.92 Å². The number of anilines is 1. The van der Waals surface area contributed by atoms with Gasteiger partial charge in [-0.1, -0.05) is 0 Å². The van der Waals surface area contributed by atoms with E-state index in [0.717, 1.165) is 60.6 Å². The number of amides is 1. The molecule has 3 rings (SSSR count). The topological polar surface area (TPSA) is 71.0 Å². The van der Waals surface area contributed by atoms with E-state index in [2.05, 4.69) is 38.2 Å². The number of hydrogen-bond donors (Lipinski definition) is 1. The van der Waals surface area contributed by atoms with Crippen molar-refractivity contribution in [3.8, 4) is 0 Å². The zero-order valence-corrected chi connectivity index (χ0v) is 14.0. The minimum Gasteiger partial charge on any atom is -0.356 e. The van der Waals surface area contributed by atoms with Gasteiger partial charge < -0.3 is 10.2 Å². The van der Waals surface area contributed by atoms with Crippen molar-refractivity contribution in [2.75, 3.05) is 24.5 Å². The summed E-state index contributed by atoms with van der Waals surface area (Å²) in [5.41, 5.74) is 2.89. The van der Waals surface area contributed by atoms with Gasteiger partial charge in [0.15, 0.2) is 5.65 Å². The van der Waals surface area contributed by atoms with Crippen LogP contribution in [0.15, 0.2) is 12.4 Å². The number of hydrogen-bond acceptors (Lipinski definition) is 5. The Hall–Kier alpha value is -2.24. The first-order chi connectivity index (χ1) is 11.0. The van der Waals surface area contributed by atoms with Gasteiger partial charge in [0.1, 0.15) is 12.1 Å². The number of nitrogens with one attached hydrogen (secondary N) is 1. The molecule has 0 bridgehead atoms. The van der Waals surface area contributed by atoms with Crippen LogP contribution in [-0.2, 0) is 4.79 Å². The second-order valence-electron chi connectivity index (χ2n) is 6.37. The Balaban J connectivity index is 1.89. The molecular formula is C17H23N5O. The van der Waals surface area contributed by atoms with Crippen molar-refractivity contribution in [1.82, 2.24) is 20.3 Å². The van der Waals surface area contributed by atoms with Gasteiger partial charge in [0.25, 0.3) is 0 Å². The van der Waals surface area contributed by atoms with Crippen LogP contribution in [0.1, 0.15) is 31.0 Å². The van der Waals surface area contributed by atoms with Crippen molar-refractivity contribution < 1.29 is 4.79 Å². The summed E-state index contributed by atoms with van der Waals surface area (Å²) in [6.07, 6.45) is 3.84. The Kier molecular flexibility index (Phi) is 4.41. The molecule has 2 aromatic heterocycles. The van der Waals surface area contributed by atoms with Crippen LogP contribution in [0.2, 0.25) is 0 Å². The molecule has 1 N–H and O–H groups in total. The SMILES string of the molecule is CC(=O)NCC1CCCN(c2ncnc3nc(C)cc(C)c23)C1. The summed E-state index contributed by atoms with van der Waals surface area (Å²) < 4.78 is 0. The highest BCUT2D eigenvalue weighted by molar-refractivity contribution is 5.90. The Bertz CT molecular complexity index is 730. The number of carbonyl (C=O) groups is 1. The number of piperidine rings is 1. The summed E-state index contributed by atoms with van der Waals surface area (Å²) in [6.45, 7) is 8.25. The molecule has 1 aliphatic heterocycles. The summed E-state index contributed by atoms with van der Waals surface area (Å²) in [6, 6.07) is 2.08. The predicted molar refractivity (Wildman–Crippen MR) is 90.4 cm³/mol. The van der Waals surface area contributed by atoms with Gasteiger partial charge in [-0.05, 0) is 44.2 Å². The zero-order valence-electron chi connectivity index (χ0n) is 14.0. The van der Waals surface area contributed by atoms with Crippen molar-refractivity contribution in [2.24, 2.45) is 5.92 Å². The normalized spacial score (nSPS) is 18.2. The van der Waals surface area contributed by atoms with E-state index in [4.69, 9.17) is 0 Å². The Morgan fingerprint density at radius 1 is 1.39 bits per heavy atom. The second kappa shape index (κ2) is 6.48. The summed E-state index contributed by atoms with van der Waals surface area (Å²) in [5, 5.41) is 3.97. The molecule has 3 heterocycles. The Morgan fingerprint density at radius 3 is 3.00 bits per heavy atom. The fourth-order valence-electron chi connectivity index (χ4n) is 3.34. The predicted octanol–water partition coefficient (Wildman–Crippen LogP) is 1.99. The molecule has 0 aromatic carbocycles. The first kappa shape index (κ1) is 15.6. The maximum absolute atomic E-state index is 11.1. The Morgan fingerprint density at radius 2 is 2.22 bits per heavy atom. The number of nitrogens with zero attached hydrogens (tertiary/aromatic N) is 4. The molecule has 1 amide bonds. The van der Waals surface area contributed by atoms with Crippen molar-refractivity contribution in [2.45, 2.75) is 33.6 Å². The molecule has 0 radical (unpaired) electrons. The molecular weight excluding hydrogens is 290 g/mol.